The van der Waals surface area contributed by atoms with Gasteiger partial charge in [0.1, 0.15) is 18.3 Å². The predicted octanol–water partition coefficient (Wildman–Crippen LogP) is 5.99. The molecule has 3 aromatic rings. The van der Waals surface area contributed by atoms with E-state index in [1.54, 1.807) is 30.3 Å². The van der Waals surface area contributed by atoms with Crippen LogP contribution < -0.4 is 14.4 Å². The molecule has 3 rings (SSSR count). The Labute approximate surface area is 258 Å². The molecule has 0 heterocycles. The summed E-state index contributed by atoms with van der Waals surface area (Å²) >= 11 is 3.37. The Morgan fingerprint density at radius 1 is 1.00 bits per heavy atom. The maximum absolute atomic E-state index is 14.2. The molecule has 1 atom stereocenters. The van der Waals surface area contributed by atoms with E-state index in [9.17, 15) is 18.0 Å². The van der Waals surface area contributed by atoms with Crippen molar-refractivity contribution in [1.29, 1.82) is 0 Å². The highest BCUT2D eigenvalue weighted by molar-refractivity contribution is 9.10. The van der Waals surface area contributed by atoms with Crippen molar-refractivity contribution in [2.75, 3.05) is 18.0 Å². The van der Waals surface area contributed by atoms with Crippen LogP contribution in [0.15, 0.2) is 76.1 Å². The second-order valence-corrected chi connectivity index (χ2v) is 14.0. The lowest BCUT2D eigenvalue weighted by molar-refractivity contribution is -0.141. The van der Waals surface area contributed by atoms with Gasteiger partial charge in [0.15, 0.2) is 0 Å². The van der Waals surface area contributed by atoms with E-state index in [0.717, 1.165) is 21.0 Å². The van der Waals surface area contributed by atoms with Crippen LogP contribution in [-0.2, 0) is 26.2 Å². The fraction of sp³-hybridized carbons (Fsp3) is 0.375. The van der Waals surface area contributed by atoms with Crippen LogP contribution in [0, 0.1) is 13.8 Å². The van der Waals surface area contributed by atoms with E-state index in [4.69, 9.17) is 4.74 Å². The van der Waals surface area contributed by atoms with Gasteiger partial charge < -0.3 is 15.0 Å². The lowest BCUT2D eigenvalue weighted by Gasteiger charge is -2.35. The molecule has 0 aliphatic carbocycles. The van der Waals surface area contributed by atoms with Crippen molar-refractivity contribution in [3.8, 4) is 5.75 Å². The maximum atomic E-state index is 14.2. The summed E-state index contributed by atoms with van der Waals surface area (Å²) in [6, 6.07) is 18.2. The molecule has 0 bridgehead atoms. The van der Waals surface area contributed by atoms with Gasteiger partial charge in [0.05, 0.1) is 22.2 Å². The van der Waals surface area contributed by atoms with Gasteiger partial charge in [-0.25, -0.2) is 8.42 Å². The first kappa shape index (κ1) is 33.1. The summed E-state index contributed by atoms with van der Waals surface area (Å²) in [7, 11) is -2.71. The lowest BCUT2D eigenvalue weighted by Crippen LogP contribution is -2.55. The number of nitrogens with zero attached hydrogens (tertiary/aromatic N) is 2. The molecule has 1 N–H and O–H groups in total. The number of nitrogens with one attached hydrogen (secondary N) is 1. The first-order valence-corrected chi connectivity index (χ1v) is 16.0. The molecular formula is C32H40BrN3O5S. The van der Waals surface area contributed by atoms with Crippen LogP contribution in [0.4, 0.5) is 5.69 Å². The molecule has 0 radical (unpaired) electrons. The summed E-state index contributed by atoms with van der Waals surface area (Å²) in [6.45, 7) is 11.0. The number of ether oxygens (including phenoxy) is 1. The predicted molar refractivity (Wildman–Crippen MR) is 170 cm³/mol. The first-order valence-electron chi connectivity index (χ1n) is 13.8. The molecule has 10 heteroatoms. The molecule has 3 aromatic carbocycles. The third kappa shape index (κ3) is 8.13. The normalized spacial score (nSPS) is 12.4. The molecule has 0 saturated heterocycles. The topological polar surface area (TPSA) is 96.0 Å². The van der Waals surface area contributed by atoms with E-state index in [2.05, 4.69) is 21.2 Å². The molecule has 0 spiro atoms. The Bertz CT molecular complexity index is 1520. The van der Waals surface area contributed by atoms with Crippen molar-refractivity contribution >= 4 is 43.5 Å². The van der Waals surface area contributed by atoms with Crippen molar-refractivity contribution in [2.45, 2.75) is 71.0 Å². The van der Waals surface area contributed by atoms with Crippen molar-refractivity contribution in [2.24, 2.45) is 0 Å². The third-order valence-electron chi connectivity index (χ3n) is 6.80. The highest BCUT2D eigenvalue weighted by Gasteiger charge is 2.35. The Balaban J connectivity index is 2.10. The largest absolute Gasteiger partial charge is 0.496 e. The van der Waals surface area contributed by atoms with Gasteiger partial charge in [0, 0.05) is 12.1 Å². The van der Waals surface area contributed by atoms with Gasteiger partial charge in [-0.05, 0) is 98.4 Å². The summed E-state index contributed by atoms with van der Waals surface area (Å²) in [5.74, 6) is -0.311. The SMILES string of the molecule is CC[C@H](C(=O)NC(C)(C)C)N(Cc1ccccc1C)C(=O)CN(c1ccc(C)cc1)S(=O)(=O)c1ccc(OC)c(Br)c1. The maximum Gasteiger partial charge on any atom is 0.264 e. The molecule has 0 saturated carbocycles. The van der Waals surface area contributed by atoms with Gasteiger partial charge >= 0.3 is 0 Å². The van der Waals surface area contributed by atoms with E-state index < -0.39 is 34.1 Å². The number of anilines is 1. The summed E-state index contributed by atoms with van der Waals surface area (Å²) in [5.41, 5.74) is 2.61. The van der Waals surface area contributed by atoms with Crippen LogP contribution >= 0.6 is 15.9 Å². The van der Waals surface area contributed by atoms with Gasteiger partial charge in [0.2, 0.25) is 11.8 Å². The molecular weight excluding hydrogens is 618 g/mol. The van der Waals surface area contributed by atoms with Crippen LogP contribution in [-0.4, -0.2) is 50.4 Å². The number of carbonyl (C=O) groups is 2. The number of sulfonamides is 1. The fourth-order valence-electron chi connectivity index (χ4n) is 4.52. The molecule has 0 aliphatic rings. The molecule has 0 aromatic heterocycles. The second kappa shape index (κ2) is 13.7. The Kier molecular flexibility index (Phi) is 10.8. The summed E-state index contributed by atoms with van der Waals surface area (Å²) < 4.78 is 35.1. The Morgan fingerprint density at radius 3 is 2.19 bits per heavy atom. The average Bonchev–Trinajstić information content (AvgIpc) is 2.92. The monoisotopic (exact) mass is 657 g/mol. The van der Waals surface area contributed by atoms with E-state index >= 15 is 0 Å². The number of benzene rings is 3. The Morgan fingerprint density at radius 2 is 1.64 bits per heavy atom. The van der Waals surface area contributed by atoms with Crippen molar-refractivity contribution in [3.63, 3.8) is 0 Å². The van der Waals surface area contributed by atoms with Crippen molar-refractivity contribution < 1.29 is 22.7 Å². The lowest BCUT2D eigenvalue weighted by atomic mass is 10.0. The molecule has 226 valence electrons. The van der Waals surface area contributed by atoms with Crippen LogP contribution in [0.3, 0.4) is 0 Å². The van der Waals surface area contributed by atoms with Crippen LogP contribution in [0.5, 0.6) is 5.75 Å². The van der Waals surface area contributed by atoms with Gasteiger partial charge in [-0.1, -0.05) is 48.9 Å². The van der Waals surface area contributed by atoms with Gasteiger partial charge in [0.25, 0.3) is 10.0 Å². The van der Waals surface area contributed by atoms with E-state index in [0.29, 0.717) is 22.3 Å². The molecule has 0 unspecified atom stereocenters. The summed E-state index contributed by atoms with van der Waals surface area (Å²) in [6.07, 6.45) is 0.349. The molecule has 2 amide bonds. The smallest absolute Gasteiger partial charge is 0.264 e. The van der Waals surface area contributed by atoms with Crippen LogP contribution in [0.1, 0.15) is 50.8 Å². The number of hydrogen-bond donors (Lipinski definition) is 1. The summed E-state index contributed by atoms with van der Waals surface area (Å²) in [5, 5.41) is 2.99. The molecule has 8 nitrogen and oxygen atoms in total. The standard InChI is InChI=1S/C32H40BrN3O5S/c1-8-28(31(38)34-32(4,5)6)35(20-24-12-10-9-11-23(24)3)30(37)21-36(25-15-13-22(2)14-16-25)42(39,40)26-17-18-29(41-7)27(33)19-26/h9-19,28H,8,20-21H2,1-7H3,(H,34,38)/t28-/m1/s1. The molecule has 42 heavy (non-hydrogen) atoms. The van der Waals surface area contributed by atoms with Crippen LogP contribution in [0.25, 0.3) is 0 Å². The number of carbonyl (C=O) groups excluding carboxylic acids is 2. The number of amides is 2. The minimum Gasteiger partial charge on any atom is -0.496 e. The number of aryl methyl sites for hydroxylation is 2. The number of rotatable bonds is 11. The number of halogens is 1. The van der Waals surface area contributed by atoms with Crippen LogP contribution in [0.2, 0.25) is 0 Å². The van der Waals surface area contributed by atoms with Crippen molar-refractivity contribution in [1.82, 2.24) is 10.2 Å². The van der Waals surface area contributed by atoms with E-state index in [-0.39, 0.29) is 17.3 Å². The quantitative estimate of drug-likeness (QED) is 0.273. The molecule has 0 aliphatic heterocycles. The van der Waals surface area contributed by atoms with Crippen molar-refractivity contribution in [3.05, 3.63) is 87.9 Å². The molecule has 0 fully saturated rings. The number of hydrogen-bond acceptors (Lipinski definition) is 5. The Hall–Kier alpha value is -3.37. The van der Waals surface area contributed by atoms with Gasteiger partial charge in [-0.2, -0.15) is 0 Å². The highest BCUT2D eigenvalue weighted by Crippen LogP contribution is 2.31. The second-order valence-electron chi connectivity index (χ2n) is 11.3. The average molecular weight is 659 g/mol. The zero-order valence-corrected chi connectivity index (χ0v) is 27.7. The van der Waals surface area contributed by atoms with Gasteiger partial charge in [-0.15, -0.1) is 0 Å². The minimum absolute atomic E-state index is 0.00785. The van der Waals surface area contributed by atoms with E-state index in [1.165, 1.54) is 24.1 Å². The zero-order valence-electron chi connectivity index (χ0n) is 25.3. The zero-order chi connectivity index (χ0) is 31.2. The highest BCUT2D eigenvalue weighted by atomic mass is 79.9. The minimum atomic E-state index is -4.21. The fourth-order valence-corrected chi connectivity index (χ4v) is 6.65. The third-order valence-corrected chi connectivity index (χ3v) is 9.19. The summed E-state index contributed by atoms with van der Waals surface area (Å²) in [4.78, 5) is 29.2. The first-order chi connectivity index (χ1) is 19.7. The van der Waals surface area contributed by atoms with Gasteiger partial charge in [-0.3, -0.25) is 13.9 Å². The number of methoxy groups -OCH3 is 1. The van der Waals surface area contributed by atoms with E-state index in [1.807, 2.05) is 65.8 Å².